The van der Waals surface area contributed by atoms with Crippen molar-refractivity contribution in [3.05, 3.63) is 17.7 Å². The van der Waals surface area contributed by atoms with Crippen LogP contribution in [0, 0.1) is 16.7 Å². The van der Waals surface area contributed by atoms with Crippen molar-refractivity contribution in [1.29, 1.82) is 0 Å². The van der Waals surface area contributed by atoms with Crippen molar-refractivity contribution in [2.45, 2.75) is 64.5 Å². The molecule has 0 heterocycles. The van der Waals surface area contributed by atoms with E-state index in [2.05, 4.69) is 31.3 Å². The van der Waals surface area contributed by atoms with Gasteiger partial charge in [0.15, 0.2) is 11.5 Å². The predicted octanol–water partition coefficient (Wildman–Crippen LogP) is 4.55. The Hall–Kier alpha value is -1.42. The highest BCUT2D eigenvalue weighted by Crippen LogP contribution is 2.66. The summed E-state index contributed by atoms with van der Waals surface area (Å²) < 4.78 is 16.5. The van der Waals surface area contributed by atoms with Crippen LogP contribution < -0.4 is 19.5 Å². The first-order valence-corrected chi connectivity index (χ1v) is 9.86. The molecule has 4 nitrogen and oxygen atoms in total. The molecule has 4 saturated carbocycles. The molecule has 0 aromatic heterocycles. The molecule has 2 unspecified atom stereocenters. The standard InChI is InChI=1S/C22H33NO3/c1-20-8-16-9-21(2,12-20)14-22(10-16,13-20)23-11-15-6-17(24-3)19(26-5)18(7-15)25-4/h6-7,16,23H,8-14H2,1-5H3. The van der Waals surface area contributed by atoms with Gasteiger partial charge in [-0.05, 0) is 73.0 Å². The second kappa shape index (κ2) is 6.05. The molecule has 0 radical (unpaired) electrons. The largest absolute Gasteiger partial charge is 0.493 e. The number of ether oxygens (including phenoxy) is 3. The molecule has 2 atom stereocenters. The number of benzene rings is 1. The Bertz CT molecular complexity index is 658. The quantitative estimate of drug-likeness (QED) is 0.809. The predicted molar refractivity (Wildman–Crippen MR) is 103 cm³/mol. The van der Waals surface area contributed by atoms with E-state index in [4.69, 9.17) is 14.2 Å². The van der Waals surface area contributed by atoms with Crippen molar-refractivity contribution in [1.82, 2.24) is 5.32 Å². The summed E-state index contributed by atoms with van der Waals surface area (Å²) in [5.74, 6) is 3.02. The fourth-order valence-electron chi connectivity index (χ4n) is 7.17. The summed E-state index contributed by atoms with van der Waals surface area (Å²) in [4.78, 5) is 0. The van der Waals surface area contributed by atoms with Crippen LogP contribution in [0.5, 0.6) is 17.2 Å². The van der Waals surface area contributed by atoms with Crippen molar-refractivity contribution in [2.75, 3.05) is 21.3 Å². The lowest BCUT2D eigenvalue weighted by atomic mass is 9.43. The van der Waals surface area contributed by atoms with Crippen molar-refractivity contribution in [2.24, 2.45) is 16.7 Å². The SMILES string of the molecule is COc1cc(CNC23CC4CC(C)(CC(C)(C4)C2)C3)cc(OC)c1OC. The first-order valence-electron chi connectivity index (χ1n) is 9.86. The van der Waals surface area contributed by atoms with E-state index in [9.17, 15) is 0 Å². The van der Waals surface area contributed by atoms with Crippen LogP contribution in [0.1, 0.15) is 57.9 Å². The fraction of sp³-hybridized carbons (Fsp3) is 0.727. The third kappa shape index (κ3) is 2.96. The molecule has 4 fully saturated rings. The Balaban J connectivity index is 1.56. The minimum Gasteiger partial charge on any atom is -0.493 e. The van der Waals surface area contributed by atoms with E-state index < -0.39 is 0 Å². The van der Waals surface area contributed by atoms with Crippen LogP contribution in [0.3, 0.4) is 0 Å². The highest BCUT2D eigenvalue weighted by Gasteiger charge is 2.59. The van der Waals surface area contributed by atoms with Crippen LogP contribution in [0.15, 0.2) is 12.1 Å². The van der Waals surface area contributed by atoms with E-state index in [0.29, 0.717) is 22.1 Å². The molecular weight excluding hydrogens is 326 g/mol. The van der Waals surface area contributed by atoms with Crippen LogP contribution in [0.25, 0.3) is 0 Å². The van der Waals surface area contributed by atoms with Gasteiger partial charge in [0.25, 0.3) is 0 Å². The van der Waals surface area contributed by atoms with Gasteiger partial charge in [0.05, 0.1) is 21.3 Å². The average Bonchev–Trinajstić information content (AvgIpc) is 2.55. The van der Waals surface area contributed by atoms with Crippen molar-refractivity contribution < 1.29 is 14.2 Å². The van der Waals surface area contributed by atoms with E-state index in [0.717, 1.165) is 24.0 Å². The molecule has 144 valence electrons. The summed E-state index contributed by atoms with van der Waals surface area (Å²) in [5.41, 5.74) is 2.53. The lowest BCUT2D eigenvalue weighted by molar-refractivity contribution is -0.118. The summed E-state index contributed by atoms with van der Waals surface area (Å²) in [6.45, 7) is 5.88. The summed E-state index contributed by atoms with van der Waals surface area (Å²) in [6, 6.07) is 4.14. The summed E-state index contributed by atoms with van der Waals surface area (Å²) >= 11 is 0. The number of rotatable bonds is 6. The van der Waals surface area contributed by atoms with Gasteiger partial charge in [-0.1, -0.05) is 13.8 Å². The molecular formula is C22H33NO3. The molecule has 0 spiro atoms. The highest BCUT2D eigenvalue weighted by atomic mass is 16.5. The van der Waals surface area contributed by atoms with E-state index >= 15 is 0 Å². The minimum absolute atomic E-state index is 0.295. The Kier molecular flexibility index (Phi) is 4.18. The number of hydrogen-bond donors (Lipinski definition) is 1. The lowest BCUT2D eigenvalue weighted by Crippen LogP contribution is -2.63. The van der Waals surface area contributed by atoms with Gasteiger partial charge in [0, 0.05) is 12.1 Å². The zero-order chi connectivity index (χ0) is 18.6. The molecule has 5 rings (SSSR count). The second-order valence-electron chi connectivity index (χ2n) is 9.80. The van der Waals surface area contributed by atoms with Crippen LogP contribution in [0.2, 0.25) is 0 Å². The van der Waals surface area contributed by atoms with E-state index in [1.54, 1.807) is 21.3 Å². The molecule has 0 amide bonds. The zero-order valence-corrected chi connectivity index (χ0v) is 16.9. The summed E-state index contributed by atoms with van der Waals surface area (Å²) in [6.07, 6.45) is 8.23. The molecule has 4 heteroatoms. The monoisotopic (exact) mass is 359 g/mol. The van der Waals surface area contributed by atoms with E-state index in [1.807, 2.05) is 0 Å². The Morgan fingerprint density at radius 3 is 1.92 bits per heavy atom. The van der Waals surface area contributed by atoms with Gasteiger partial charge in [-0.2, -0.15) is 0 Å². The van der Waals surface area contributed by atoms with Gasteiger partial charge in [0.2, 0.25) is 5.75 Å². The Labute approximate surface area is 157 Å². The normalized spacial score (nSPS) is 37.7. The highest BCUT2D eigenvalue weighted by molar-refractivity contribution is 5.53. The van der Waals surface area contributed by atoms with Crippen molar-refractivity contribution in [3.63, 3.8) is 0 Å². The minimum atomic E-state index is 0.295. The molecule has 1 N–H and O–H groups in total. The Morgan fingerprint density at radius 1 is 0.885 bits per heavy atom. The van der Waals surface area contributed by atoms with Crippen molar-refractivity contribution in [3.8, 4) is 17.2 Å². The zero-order valence-electron chi connectivity index (χ0n) is 16.9. The van der Waals surface area contributed by atoms with Crippen LogP contribution in [-0.4, -0.2) is 26.9 Å². The first-order chi connectivity index (χ1) is 12.3. The van der Waals surface area contributed by atoms with Crippen molar-refractivity contribution >= 4 is 0 Å². The average molecular weight is 360 g/mol. The third-order valence-electron chi connectivity index (χ3n) is 7.02. The van der Waals surface area contributed by atoms with Gasteiger partial charge < -0.3 is 19.5 Å². The lowest BCUT2D eigenvalue weighted by Gasteiger charge is -2.65. The number of methoxy groups -OCH3 is 3. The Morgan fingerprint density at radius 2 is 1.46 bits per heavy atom. The van der Waals surface area contributed by atoms with Crippen LogP contribution in [-0.2, 0) is 6.54 Å². The molecule has 1 aromatic carbocycles. The van der Waals surface area contributed by atoms with E-state index in [1.165, 1.54) is 44.1 Å². The summed E-state index contributed by atoms with van der Waals surface area (Å²) in [7, 11) is 5.00. The molecule has 1 aromatic rings. The number of nitrogens with one attached hydrogen (secondary N) is 1. The molecule has 0 aliphatic heterocycles. The van der Waals surface area contributed by atoms with Crippen LogP contribution in [0.4, 0.5) is 0 Å². The van der Waals surface area contributed by atoms with Gasteiger partial charge in [-0.15, -0.1) is 0 Å². The van der Waals surface area contributed by atoms with E-state index in [-0.39, 0.29) is 0 Å². The maximum Gasteiger partial charge on any atom is 0.203 e. The smallest absolute Gasteiger partial charge is 0.203 e. The molecule has 26 heavy (non-hydrogen) atoms. The third-order valence-corrected chi connectivity index (χ3v) is 7.02. The van der Waals surface area contributed by atoms with Gasteiger partial charge >= 0.3 is 0 Å². The topological polar surface area (TPSA) is 39.7 Å². The van der Waals surface area contributed by atoms with Gasteiger partial charge in [-0.25, -0.2) is 0 Å². The second-order valence-corrected chi connectivity index (χ2v) is 9.80. The molecule has 4 aliphatic carbocycles. The summed E-state index contributed by atoms with van der Waals surface area (Å²) in [5, 5.41) is 3.98. The van der Waals surface area contributed by atoms with Gasteiger partial charge in [0.1, 0.15) is 0 Å². The first kappa shape index (κ1) is 18.0. The number of hydrogen-bond acceptors (Lipinski definition) is 4. The van der Waals surface area contributed by atoms with Crippen LogP contribution >= 0.6 is 0 Å². The molecule has 0 saturated heterocycles. The maximum atomic E-state index is 5.51. The fourth-order valence-corrected chi connectivity index (χ4v) is 7.17. The molecule has 4 bridgehead atoms. The van der Waals surface area contributed by atoms with Gasteiger partial charge in [-0.3, -0.25) is 0 Å². The molecule has 4 aliphatic rings. The maximum absolute atomic E-state index is 5.51.